The molecule has 0 fully saturated rings. The number of halogens is 2. The number of nitrogens with zero attached hydrogens (tertiary/aromatic N) is 3. The van der Waals surface area contributed by atoms with Crippen molar-refractivity contribution < 1.29 is 23.1 Å². The molecule has 0 aliphatic carbocycles. The lowest BCUT2D eigenvalue weighted by Crippen LogP contribution is -2.37. The van der Waals surface area contributed by atoms with Crippen molar-refractivity contribution in [2.24, 2.45) is 5.73 Å². The fourth-order valence-electron chi connectivity index (χ4n) is 2.72. The maximum Gasteiger partial charge on any atom is 0.404 e. The van der Waals surface area contributed by atoms with Gasteiger partial charge in [0.1, 0.15) is 12.4 Å². The first-order valence-corrected chi connectivity index (χ1v) is 7.82. The molecule has 0 saturated carbocycles. The molecule has 0 radical (unpaired) electrons. The molecule has 1 aliphatic rings. The van der Waals surface area contributed by atoms with E-state index >= 15 is 0 Å². The van der Waals surface area contributed by atoms with Crippen LogP contribution < -0.4 is 10.6 Å². The number of primary amides is 1. The Balaban J connectivity index is 1.76. The Morgan fingerprint density at radius 3 is 2.73 bits per heavy atom. The molecule has 7 nitrogen and oxygen atoms in total. The van der Waals surface area contributed by atoms with Gasteiger partial charge in [0, 0.05) is 30.4 Å². The Hall–Kier alpha value is -3.23. The lowest BCUT2D eigenvalue weighted by Gasteiger charge is -2.26. The number of benzene rings is 1. The van der Waals surface area contributed by atoms with Gasteiger partial charge in [0.05, 0.1) is 24.1 Å². The first-order chi connectivity index (χ1) is 12.5. The molecule has 2 heterocycles. The summed E-state index contributed by atoms with van der Waals surface area (Å²) in [6.45, 7) is 0.123. The van der Waals surface area contributed by atoms with Gasteiger partial charge in [-0.1, -0.05) is 0 Å². The van der Waals surface area contributed by atoms with Gasteiger partial charge in [0.2, 0.25) is 0 Å². The summed E-state index contributed by atoms with van der Waals surface area (Å²) >= 11 is 0. The average Bonchev–Trinajstić information content (AvgIpc) is 3.03. The Kier molecular flexibility index (Phi) is 4.97. The summed E-state index contributed by atoms with van der Waals surface area (Å²) in [5.41, 5.74) is 6.59. The van der Waals surface area contributed by atoms with Crippen LogP contribution in [0.5, 0.6) is 0 Å². The minimum atomic E-state index is -1.01. The number of carbonyl (C=O) groups is 2. The summed E-state index contributed by atoms with van der Waals surface area (Å²) in [6, 6.07) is 5.65. The van der Waals surface area contributed by atoms with Gasteiger partial charge in [0.25, 0.3) is 5.91 Å². The van der Waals surface area contributed by atoms with E-state index in [-0.39, 0.29) is 30.4 Å². The van der Waals surface area contributed by atoms with Crippen LogP contribution in [-0.2, 0) is 17.7 Å². The zero-order chi connectivity index (χ0) is 18.7. The van der Waals surface area contributed by atoms with Crippen molar-refractivity contribution in [1.29, 1.82) is 0 Å². The summed E-state index contributed by atoms with van der Waals surface area (Å²) in [5.74, 6) is -0.640. The van der Waals surface area contributed by atoms with Gasteiger partial charge < -0.3 is 15.4 Å². The van der Waals surface area contributed by atoms with Crippen molar-refractivity contribution in [2.45, 2.75) is 13.0 Å². The third-order valence-corrected chi connectivity index (χ3v) is 3.94. The molecule has 2 N–H and O–H groups in total. The Bertz CT molecular complexity index is 861. The van der Waals surface area contributed by atoms with Crippen LogP contribution >= 0.6 is 0 Å². The maximum absolute atomic E-state index is 13.1. The van der Waals surface area contributed by atoms with E-state index in [9.17, 15) is 18.4 Å². The lowest BCUT2D eigenvalue weighted by atomic mass is 10.1. The van der Waals surface area contributed by atoms with E-state index in [0.29, 0.717) is 36.2 Å². The van der Waals surface area contributed by atoms with Crippen molar-refractivity contribution in [3.05, 3.63) is 59.4 Å². The molecule has 0 bridgehead atoms. The van der Waals surface area contributed by atoms with Crippen LogP contribution in [0.3, 0.4) is 0 Å². The molecule has 1 aliphatic heterocycles. The van der Waals surface area contributed by atoms with E-state index in [1.54, 1.807) is 0 Å². The van der Waals surface area contributed by atoms with Crippen LogP contribution in [0, 0.1) is 5.82 Å². The molecule has 136 valence electrons. The quantitative estimate of drug-likeness (QED) is 0.883. The number of nitrogens with two attached hydrogens (primary N) is 1. The van der Waals surface area contributed by atoms with E-state index in [4.69, 9.17) is 5.73 Å². The van der Waals surface area contributed by atoms with Gasteiger partial charge in [-0.2, -0.15) is 5.10 Å². The number of anilines is 1. The predicted molar refractivity (Wildman–Crippen MR) is 88.7 cm³/mol. The van der Waals surface area contributed by atoms with Crippen molar-refractivity contribution in [3.8, 4) is 0 Å². The Morgan fingerprint density at radius 1 is 1.35 bits per heavy atom. The molecule has 0 unspecified atom stereocenters. The summed E-state index contributed by atoms with van der Waals surface area (Å²) in [5, 5.41) is 4.29. The van der Waals surface area contributed by atoms with Gasteiger partial charge in [-0.05, 0) is 24.3 Å². The standard InChI is InChI=1S/C17H16F2N4O3/c18-7-11(10-26-17(20)25)8-22-9-14-15(21-22)5-6-23(16(14)24)13-3-1-12(19)2-4-13/h1-4,7,9H,5-6,8,10H2,(H2,20,25). The molecular weight excluding hydrogens is 346 g/mol. The molecule has 1 aromatic carbocycles. The van der Waals surface area contributed by atoms with Crippen LogP contribution in [0.15, 0.2) is 42.4 Å². The molecule has 1 aromatic heterocycles. The molecule has 9 heteroatoms. The normalized spacial score (nSPS) is 14.3. The number of aromatic nitrogens is 2. The van der Waals surface area contributed by atoms with Crippen LogP contribution in [0.25, 0.3) is 0 Å². The molecule has 26 heavy (non-hydrogen) atoms. The topological polar surface area (TPSA) is 90.5 Å². The fourth-order valence-corrected chi connectivity index (χ4v) is 2.72. The number of rotatable bonds is 5. The SMILES string of the molecule is NC(=O)OCC(=CF)Cn1cc2c(n1)CCN(c1ccc(F)cc1)C2=O. The van der Waals surface area contributed by atoms with Crippen molar-refractivity contribution in [3.63, 3.8) is 0 Å². The molecular formula is C17H16F2N4O3. The zero-order valence-electron chi connectivity index (χ0n) is 13.7. The molecule has 3 rings (SSSR count). The van der Waals surface area contributed by atoms with E-state index < -0.39 is 6.09 Å². The molecule has 2 amide bonds. The summed E-state index contributed by atoms with van der Waals surface area (Å²) < 4.78 is 32.0. The van der Waals surface area contributed by atoms with Gasteiger partial charge >= 0.3 is 6.09 Å². The molecule has 0 saturated heterocycles. The monoisotopic (exact) mass is 362 g/mol. The van der Waals surface area contributed by atoms with Crippen molar-refractivity contribution in [2.75, 3.05) is 18.1 Å². The highest BCUT2D eigenvalue weighted by Gasteiger charge is 2.28. The van der Waals surface area contributed by atoms with Crippen molar-refractivity contribution >= 4 is 17.7 Å². The highest BCUT2D eigenvalue weighted by Crippen LogP contribution is 2.24. The minimum Gasteiger partial charge on any atom is -0.445 e. The number of ether oxygens (including phenoxy) is 1. The highest BCUT2D eigenvalue weighted by atomic mass is 19.1. The highest BCUT2D eigenvalue weighted by molar-refractivity contribution is 6.07. The van der Waals surface area contributed by atoms with Crippen LogP contribution in [0.4, 0.5) is 19.3 Å². The number of hydrogen-bond acceptors (Lipinski definition) is 4. The van der Waals surface area contributed by atoms with Crippen LogP contribution in [-0.4, -0.2) is 34.9 Å². The second-order valence-electron chi connectivity index (χ2n) is 5.75. The number of hydrogen-bond donors (Lipinski definition) is 1. The van der Waals surface area contributed by atoms with Crippen LogP contribution in [0.2, 0.25) is 0 Å². The summed E-state index contributed by atoms with van der Waals surface area (Å²) in [4.78, 5) is 24.8. The zero-order valence-corrected chi connectivity index (χ0v) is 13.7. The smallest absolute Gasteiger partial charge is 0.404 e. The van der Waals surface area contributed by atoms with Gasteiger partial charge in [-0.15, -0.1) is 0 Å². The predicted octanol–water partition coefficient (Wildman–Crippen LogP) is 2.17. The summed E-state index contributed by atoms with van der Waals surface area (Å²) in [6.07, 6.45) is 1.34. The Morgan fingerprint density at radius 2 is 2.08 bits per heavy atom. The van der Waals surface area contributed by atoms with Gasteiger partial charge in [0.15, 0.2) is 0 Å². The third kappa shape index (κ3) is 3.71. The molecule has 0 spiro atoms. The largest absolute Gasteiger partial charge is 0.445 e. The van der Waals surface area contributed by atoms with E-state index in [1.165, 1.54) is 40.0 Å². The Labute approximate surface area is 147 Å². The van der Waals surface area contributed by atoms with Crippen molar-refractivity contribution in [1.82, 2.24) is 9.78 Å². The first kappa shape index (κ1) is 17.6. The number of carbonyl (C=O) groups excluding carboxylic acids is 2. The first-order valence-electron chi connectivity index (χ1n) is 7.82. The molecule has 2 aromatic rings. The van der Waals surface area contributed by atoms with Gasteiger partial charge in [-0.25, -0.2) is 13.6 Å². The molecule has 0 atom stereocenters. The van der Waals surface area contributed by atoms with E-state index in [1.807, 2.05) is 0 Å². The van der Waals surface area contributed by atoms with Crippen LogP contribution in [0.1, 0.15) is 16.1 Å². The maximum atomic E-state index is 13.1. The average molecular weight is 362 g/mol. The summed E-state index contributed by atoms with van der Waals surface area (Å²) in [7, 11) is 0. The lowest BCUT2D eigenvalue weighted by molar-refractivity contribution is 0.0980. The van der Waals surface area contributed by atoms with E-state index in [0.717, 1.165) is 0 Å². The number of fused-ring (bicyclic) bond motifs is 1. The van der Waals surface area contributed by atoms with Gasteiger partial charge in [-0.3, -0.25) is 9.48 Å². The fraction of sp³-hybridized carbons (Fsp3) is 0.235. The number of amides is 2. The third-order valence-electron chi connectivity index (χ3n) is 3.94. The second kappa shape index (κ2) is 7.34. The second-order valence-corrected chi connectivity index (χ2v) is 5.75. The van der Waals surface area contributed by atoms with E-state index in [2.05, 4.69) is 9.84 Å². The minimum absolute atomic E-state index is 0.0145.